The minimum absolute atomic E-state index is 0. The van der Waals surface area contributed by atoms with Crippen LogP contribution in [0.25, 0.3) is 33.6 Å². The number of benzene rings is 3. The molecule has 0 atom stereocenters. The van der Waals surface area contributed by atoms with E-state index in [1.807, 2.05) is 54.7 Å². The molecule has 0 spiro atoms. The van der Waals surface area contributed by atoms with Crippen molar-refractivity contribution in [3.05, 3.63) is 127 Å². The second kappa shape index (κ2) is 14.1. The molecular weight excluding hydrogens is 693 g/mol. The number of nitrogens with zero attached hydrogens (tertiary/aromatic N) is 2. The Morgan fingerprint density at radius 3 is 1.76 bits per heavy atom. The maximum Gasteiger partial charge on any atom is 0.0798 e. The maximum absolute atomic E-state index is 4.71. The molecule has 0 aliphatic carbocycles. The van der Waals surface area contributed by atoms with E-state index < -0.39 is 8.07 Å². The molecule has 5 rings (SSSR count). The van der Waals surface area contributed by atoms with Crippen molar-refractivity contribution in [3.63, 3.8) is 0 Å². The van der Waals surface area contributed by atoms with Crippen LogP contribution in [0.4, 0.5) is 0 Å². The first-order valence-corrected chi connectivity index (χ1v) is 17.5. The topological polar surface area (TPSA) is 25.8 Å². The second-order valence-corrected chi connectivity index (χ2v) is 17.6. The van der Waals surface area contributed by atoms with Crippen LogP contribution in [-0.2, 0) is 26.5 Å². The Labute approximate surface area is 261 Å². The van der Waals surface area contributed by atoms with Gasteiger partial charge in [0.25, 0.3) is 0 Å². The van der Waals surface area contributed by atoms with Gasteiger partial charge in [-0.25, -0.2) is 0 Å². The number of hydrogen-bond acceptors (Lipinski definition) is 2. The van der Waals surface area contributed by atoms with Crippen molar-refractivity contribution < 1.29 is 20.1 Å². The molecule has 0 bridgehead atoms. The van der Waals surface area contributed by atoms with Gasteiger partial charge in [-0.1, -0.05) is 88.4 Å². The van der Waals surface area contributed by atoms with E-state index in [4.69, 9.17) is 4.98 Å². The van der Waals surface area contributed by atoms with E-state index in [0.29, 0.717) is 0 Å². The van der Waals surface area contributed by atoms with Crippen molar-refractivity contribution in [2.24, 2.45) is 5.41 Å². The molecule has 0 N–H and O–H groups in total. The van der Waals surface area contributed by atoms with Crippen LogP contribution in [0.1, 0.15) is 31.9 Å². The molecule has 2 aromatic heterocycles. The number of aryl methyl sites for hydroxylation is 1. The Morgan fingerprint density at radius 1 is 0.707 bits per heavy atom. The van der Waals surface area contributed by atoms with Gasteiger partial charge in [-0.3, -0.25) is 0 Å². The third kappa shape index (κ3) is 9.16. The molecule has 5 aromatic rings. The molecule has 0 saturated heterocycles. The molecule has 41 heavy (non-hydrogen) atoms. The zero-order valence-corrected chi connectivity index (χ0v) is 28.6. The summed E-state index contributed by atoms with van der Waals surface area (Å²) in [6, 6.07) is 37.3. The van der Waals surface area contributed by atoms with Crippen molar-refractivity contribution in [1.29, 1.82) is 0 Å². The van der Waals surface area contributed by atoms with E-state index >= 15 is 0 Å². The smallest absolute Gasteiger partial charge is 0.0798 e. The number of pyridine rings is 2. The Hall–Kier alpha value is -3.17. The zero-order chi connectivity index (χ0) is 28.8. The van der Waals surface area contributed by atoms with Gasteiger partial charge in [0.2, 0.25) is 0 Å². The van der Waals surface area contributed by atoms with Gasteiger partial charge in [0.15, 0.2) is 0 Å². The predicted molar refractivity (Wildman–Crippen MR) is 173 cm³/mol. The first-order chi connectivity index (χ1) is 19.0. The van der Waals surface area contributed by atoms with E-state index in [1.54, 1.807) is 0 Å². The SMILES string of the molecule is CC(C)(C)Cc1cc(-c2[c-]cccc2)ncc1[Si](C)(C)C.Cc1cnc(-c2[c-]cccc2)cc1-c1ccccc1.[Ir]. The molecule has 4 heteroatoms. The number of rotatable bonds is 5. The largest absolute Gasteiger partial charge is 0.305 e. The fraction of sp³-hybridized carbons (Fsp3) is 0.243. The van der Waals surface area contributed by atoms with Crippen molar-refractivity contribution >= 4 is 13.3 Å². The molecule has 0 saturated carbocycles. The maximum atomic E-state index is 4.71. The van der Waals surface area contributed by atoms with Crippen LogP contribution in [0.15, 0.2) is 103 Å². The summed E-state index contributed by atoms with van der Waals surface area (Å²) in [6.07, 6.45) is 5.14. The van der Waals surface area contributed by atoms with Crippen LogP contribution in [0, 0.1) is 24.5 Å². The molecule has 0 aliphatic rings. The van der Waals surface area contributed by atoms with Crippen LogP contribution in [-0.4, -0.2) is 18.0 Å². The second-order valence-electron chi connectivity index (χ2n) is 12.5. The van der Waals surface area contributed by atoms with Gasteiger partial charge in [-0.05, 0) is 52.0 Å². The Morgan fingerprint density at radius 2 is 1.24 bits per heavy atom. The summed E-state index contributed by atoms with van der Waals surface area (Å²) < 4.78 is 0. The Bertz CT molecular complexity index is 1520. The average Bonchev–Trinajstić information content (AvgIpc) is 2.93. The molecule has 213 valence electrons. The van der Waals surface area contributed by atoms with Crippen LogP contribution in [0.2, 0.25) is 19.6 Å². The minimum atomic E-state index is -1.37. The molecule has 1 radical (unpaired) electrons. The van der Waals surface area contributed by atoms with E-state index in [1.165, 1.54) is 27.4 Å². The molecule has 0 unspecified atom stereocenters. The third-order valence-corrected chi connectivity index (χ3v) is 8.74. The van der Waals surface area contributed by atoms with Gasteiger partial charge in [-0.15, -0.1) is 71.8 Å². The van der Waals surface area contributed by atoms with Crippen molar-refractivity contribution in [2.45, 2.75) is 53.8 Å². The van der Waals surface area contributed by atoms with Gasteiger partial charge in [0.05, 0.1) is 8.07 Å². The summed E-state index contributed by atoms with van der Waals surface area (Å²) >= 11 is 0. The Balaban J connectivity index is 0.000000221. The molecule has 0 aliphatic heterocycles. The minimum Gasteiger partial charge on any atom is -0.305 e. The number of aromatic nitrogens is 2. The van der Waals surface area contributed by atoms with Gasteiger partial charge in [0.1, 0.15) is 0 Å². The van der Waals surface area contributed by atoms with E-state index in [-0.39, 0.29) is 25.5 Å². The Kier molecular flexibility index (Phi) is 11.2. The van der Waals surface area contributed by atoms with Crippen molar-refractivity contribution in [1.82, 2.24) is 9.97 Å². The van der Waals surface area contributed by atoms with Crippen molar-refractivity contribution in [2.75, 3.05) is 0 Å². The first-order valence-electron chi connectivity index (χ1n) is 14.0. The molecule has 0 fully saturated rings. The molecule has 3 aromatic carbocycles. The van der Waals surface area contributed by atoms with Crippen LogP contribution in [0.3, 0.4) is 0 Å². The summed E-state index contributed by atoms with van der Waals surface area (Å²) in [6.45, 7) is 16.2. The quantitative estimate of drug-likeness (QED) is 0.133. The van der Waals surface area contributed by atoms with Crippen molar-refractivity contribution in [3.8, 4) is 33.6 Å². The molecule has 2 heterocycles. The standard InChI is InChI=1S/C19H26NSi.C18H14N.Ir/c1-19(2,3)13-16-12-17(15-10-8-7-9-11-15)20-14-18(16)21(4,5)6;1-14-13-19-18(16-10-6-3-7-11-16)12-17(14)15-8-4-2-5-9-15;/h7-10,12,14H,13H2,1-6H3;2-10,12-13H,1H3;/q2*-1;. The van der Waals surface area contributed by atoms with E-state index in [9.17, 15) is 0 Å². The van der Waals surface area contributed by atoms with E-state index in [2.05, 4.69) is 113 Å². The average molecular weight is 733 g/mol. The normalized spacial score (nSPS) is 11.2. The molecule has 2 nitrogen and oxygen atoms in total. The summed E-state index contributed by atoms with van der Waals surface area (Å²) in [5.74, 6) is 0. The summed E-state index contributed by atoms with van der Waals surface area (Å²) in [5, 5.41) is 1.48. The van der Waals surface area contributed by atoms with Crippen LogP contribution in [0.5, 0.6) is 0 Å². The van der Waals surface area contributed by atoms with Gasteiger partial charge < -0.3 is 9.97 Å². The van der Waals surface area contributed by atoms with Gasteiger partial charge >= 0.3 is 0 Å². The first kappa shape index (κ1) is 32.3. The molecular formula is C37H40IrN2Si-2. The fourth-order valence-corrected chi connectivity index (χ4v) is 6.32. The molecule has 0 amide bonds. The van der Waals surface area contributed by atoms with E-state index in [0.717, 1.165) is 28.9 Å². The fourth-order valence-electron chi connectivity index (χ4n) is 4.74. The monoisotopic (exact) mass is 733 g/mol. The van der Waals surface area contributed by atoms with Crippen LogP contribution >= 0.6 is 0 Å². The van der Waals surface area contributed by atoms with Gasteiger partial charge in [-0.2, -0.15) is 0 Å². The third-order valence-electron chi connectivity index (χ3n) is 6.68. The summed E-state index contributed by atoms with van der Waals surface area (Å²) in [7, 11) is -1.37. The zero-order valence-electron chi connectivity index (χ0n) is 25.2. The summed E-state index contributed by atoms with van der Waals surface area (Å²) in [4.78, 5) is 9.21. The number of hydrogen-bond donors (Lipinski definition) is 0. The van der Waals surface area contributed by atoms with Crippen LogP contribution < -0.4 is 5.19 Å². The predicted octanol–water partition coefficient (Wildman–Crippen LogP) is 9.20. The van der Waals surface area contributed by atoms with Gasteiger partial charge in [0, 0.05) is 32.5 Å². The summed E-state index contributed by atoms with van der Waals surface area (Å²) in [5.41, 5.74) is 9.49.